The topological polar surface area (TPSA) is 92.7 Å². The van der Waals surface area contributed by atoms with Crippen molar-refractivity contribution in [1.29, 1.82) is 0 Å². The highest BCUT2D eigenvalue weighted by Gasteiger charge is 2.37. The first kappa shape index (κ1) is 25.7. The van der Waals surface area contributed by atoms with Gasteiger partial charge in [0.25, 0.3) is 0 Å². The summed E-state index contributed by atoms with van der Waals surface area (Å²) in [4.78, 5) is 36.0. The first-order valence-corrected chi connectivity index (χ1v) is 11.3. The van der Waals surface area contributed by atoms with Gasteiger partial charge in [-0.3, -0.25) is 14.4 Å². The second-order valence-electron chi connectivity index (χ2n) is 8.48. The number of para-hydroxylation sites is 1. The Hall–Kier alpha value is -3.90. The van der Waals surface area contributed by atoms with Crippen molar-refractivity contribution < 1.29 is 24.2 Å². The molecule has 3 aromatic rings. The number of anilines is 2. The fourth-order valence-corrected chi connectivity index (χ4v) is 3.49. The van der Waals surface area contributed by atoms with Crippen molar-refractivity contribution >= 4 is 46.8 Å². The van der Waals surface area contributed by atoms with Crippen molar-refractivity contribution in [3.05, 3.63) is 100 Å². The lowest BCUT2D eigenvalue weighted by Crippen LogP contribution is -2.34. The molecule has 6 nitrogen and oxygen atoms in total. The Labute approximate surface area is 209 Å². The number of hydrogen-bond acceptors (Lipinski definition) is 5. The van der Waals surface area contributed by atoms with E-state index in [1.807, 2.05) is 49.4 Å². The number of carboxylic acids is 1. The van der Waals surface area contributed by atoms with Gasteiger partial charge in [-0.2, -0.15) is 0 Å². The van der Waals surface area contributed by atoms with Gasteiger partial charge in [-0.15, -0.1) is 0 Å². The van der Waals surface area contributed by atoms with Gasteiger partial charge in [0.2, 0.25) is 0 Å². The van der Waals surface area contributed by atoms with Crippen LogP contribution in [0.25, 0.3) is 6.08 Å². The van der Waals surface area contributed by atoms with Crippen LogP contribution in [0.15, 0.2) is 72.8 Å². The molecular formula is C28H26ClNO5. The molecule has 0 unspecified atom stereocenters. The summed E-state index contributed by atoms with van der Waals surface area (Å²) < 4.78 is 5.07. The third-order valence-electron chi connectivity index (χ3n) is 5.50. The van der Waals surface area contributed by atoms with Gasteiger partial charge in [0, 0.05) is 22.5 Å². The Morgan fingerprint density at radius 3 is 2.37 bits per heavy atom. The van der Waals surface area contributed by atoms with Gasteiger partial charge < -0.3 is 15.2 Å². The summed E-state index contributed by atoms with van der Waals surface area (Å²) in [6, 6.07) is 20.0. The number of rotatable bonds is 9. The summed E-state index contributed by atoms with van der Waals surface area (Å²) in [5.74, 6) is -2.19. The van der Waals surface area contributed by atoms with E-state index in [-0.39, 0.29) is 12.4 Å². The SMILES string of the molecule is Cc1ccccc1C(=O)c1ccc(Nc2ccccc2C=CCOC(=O)C(C)(C)C(=O)O)cc1Cl. The van der Waals surface area contributed by atoms with Gasteiger partial charge in [0.05, 0.1) is 5.02 Å². The highest BCUT2D eigenvalue weighted by Crippen LogP contribution is 2.28. The van der Waals surface area contributed by atoms with Gasteiger partial charge in [-0.25, -0.2) is 0 Å². The van der Waals surface area contributed by atoms with Gasteiger partial charge in [0.15, 0.2) is 11.2 Å². The molecule has 0 fully saturated rings. The van der Waals surface area contributed by atoms with Crippen LogP contribution in [-0.2, 0) is 14.3 Å². The van der Waals surface area contributed by atoms with E-state index in [9.17, 15) is 14.4 Å². The molecule has 0 atom stereocenters. The molecule has 0 saturated heterocycles. The van der Waals surface area contributed by atoms with Crippen molar-refractivity contribution in [2.45, 2.75) is 20.8 Å². The number of carboxylic acid groups (broad SMARTS) is 1. The van der Waals surface area contributed by atoms with Crippen LogP contribution in [0.3, 0.4) is 0 Å². The molecule has 0 radical (unpaired) electrons. The van der Waals surface area contributed by atoms with Crippen LogP contribution in [0, 0.1) is 12.3 Å². The van der Waals surface area contributed by atoms with Crippen LogP contribution >= 0.6 is 11.6 Å². The highest BCUT2D eigenvalue weighted by molar-refractivity contribution is 6.35. The number of nitrogens with one attached hydrogen (secondary N) is 1. The predicted molar refractivity (Wildman–Crippen MR) is 137 cm³/mol. The molecule has 7 heteroatoms. The number of benzene rings is 3. The van der Waals surface area contributed by atoms with Crippen LogP contribution in [-0.4, -0.2) is 29.4 Å². The standard InChI is InChI=1S/C28H26ClNO5/c1-18-9-4-6-12-21(18)25(31)22-15-14-20(17-23(22)29)30-24-13-7-5-10-19(24)11-8-16-35-27(34)28(2,3)26(32)33/h4-15,17,30H,16H2,1-3H3,(H,32,33). The van der Waals surface area contributed by atoms with Gasteiger partial charge in [-0.05, 0) is 62.2 Å². The molecule has 0 aromatic heterocycles. The highest BCUT2D eigenvalue weighted by atomic mass is 35.5. The predicted octanol–water partition coefficient (Wildman–Crippen LogP) is 6.29. The fraction of sp³-hybridized carbons (Fsp3) is 0.179. The van der Waals surface area contributed by atoms with Crippen molar-refractivity contribution in [3.8, 4) is 0 Å². The zero-order chi connectivity index (χ0) is 25.6. The van der Waals surface area contributed by atoms with Gasteiger partial charge in [-0.1, -0.05) is 60.1 Å². The molecule has 0 aliphatic heterocycles. The van der Waals surface area contributed by atoms with E-state index in [2.05, 4.69) is 5.32 Å². The van der Waals surface area contributed by atoms with Crippen molar-refractivity contribution in [2.24, 2.45) is 5.41 Å². The fourth-order valence-electron chi connectivity index (χ4n) is 3.23. The number of aryl methyl sites for hydroxylation is 1. The van der Waals surface area contributed by atoms with E-state index >= 15 is 0 Å². The minimum Gasteiger partial charge on any atom is -0.480 e. The third kappa shape index (κ3) is 6.16. The molecule has 35 heavy (non-hydrogen) atoms. The Kier molecular flexibility index (Phi) is 8.10. The number of ketones is 1. The van der Waals surface area contributed by atoms with Gasteiger partial charge in [0.1, 0.15) is 6.61 Å². The molecule has 0 spiro atoms. The monoisotopic (exact) mass is 491 g/mol. The minimum absolute atomic E-state index is 0.0641. The van der Waals surface area contributed by atoms with E-state index in [4.69, 9.17) is 21.4 Å². The largest absolute Gasteiger partial charge is 0.480 e. The smallest absolute Gasteiger partial charge is 0.323 e. The number of esters is 1. The zero-order valence-corrected chi connectivity index (χ0v) is 20.4. The Bertz CT molecular complexity index is 1300. The molecule has 0 aliphatic rings. The first-order chi connectivity index (χ1) is 16.6. The lowest BCUT2D eigenvalue weighted by Gasteiger charge is -2.16. The molecule has 3 aromatic carbocycles. The molecule has 0 bridgehead atoms. The second kappa shape index (κ2) is 11.0. The van der Waals surface area contributed by atoms with Crippen molar-refractivity contribution in [3.63, 3.8) is 0 Å². The molecule has 180 valence electrons. The Morgan fingerprint density at radius 1 is 1.00 bits per heavy atom. The maximum atomic E-state index is 12.9. The second-order valence-corrected chi connectivity index (χ2v) is 8.89. The van der Waals surface area contributed by atoms with Crippen LogP contribution in [0.4, 0.5) is 11.4 Å². The summed E-state index contributed by atoms with van der Waals surface area (Å²) in [6.07, 6.45) is 3.40. The number of carbonyl (C=O) groups excluding carboxylic acids is 2. The molecular weight excluding hydrogens is 466 g/mol. The van der Waals surface area contributed by atoms with Crippen LogP contribution in [0.1, 0.15) is 40.9 Å². The quantitative estimate of drug-likeness (QED) is 0.207. The molecule has 0 amide bonds. The average molecular weight is 492 g/mol. The van der Waals surface area contributed by atoms with E-state index in [1.54, 1.807) is 36.4 Å². The number of halogens is 1. The van der Waals surface area contributed by atoms with E-state index in [0.29, 0.717) is 21.8 Å². The lowest BCUT2D eigenvalue weighted by molar-refractivity contribution is -0.165. The lowest BCUT2D eigenvalue weighted by atomic mass is 9.94. The van der Waals surface area contributed by atoms with Crippen LogP contribution in [0.5, 0.6) is 0 Å². The summed E-state index contributed by atoms with van der Waals surface area (Å²) in [6.45, 7) is 4.41. The average Bonchev–Trinajstić information content (AvgIpc) is 2.82. The minimum atomic E-state index is -1.61. The Morgan fingerprint density at radius 2 is 1.69 bits per heavy atom. The third-order valence-corrected chi connectivity index (χ3v) is 5.81. The molecule has 0 aliphatic carbocycles. The number of hydrogen-bond donors (Lipinski definition) is 2. The van der Waals surface area contributed by atoms with Gasteiger partial charge >= 0.3 is 11.9 Å². The summed E-state index contributed by atoms with van der Waals surface area (Å²) in [5.41, 5.74) is 2.59. The maximum absolute atomic E-state index is 12.9. The summed E-state index contributed by atoms with van der Waals surface area (Å²) >= 11 is 6.46. The van der Waals surface area contributed by atoms with E-state index in [0.717, 1.165) is 16.8 Å². The number of carbonyl (C=O) groups is 3. The summed E-state index contributed by atoms with van der Waals surface area (Å²) in [7, 11) is 0. The van der Waals surface area contributed by atoms with Crippen LogP contribution in [0.2, 0.25) is 5.02 Å². The number of aliphatic carboxylic acids is 1. The van der Waals surface area contributed by atoms with E-state index in [1.165, 1.54) is 13.8 Å². The molecule has 0 saturated carbocycles. The van der Waals surface area contributed by atoms with Crippen molar-refractivity contribution in [2.75, 3.05) is 11.9 Å². The number of ether oxygens (including phenoxy) is 1. The molecule has 0 heterocycles. The maximum Gasteiger partial charge on any atom is 0.323 e. The van der Waals surface area contributed by atoms with Crippen molar-refractivity contribution in [1.82, 2.24) is 0 Å². The van der Waals surface area contributed by atoms with Crippen LogP contribution < -0.4 is 5.32 Å². The zero-order valence-electron chi connectivity index (χ0n) is 19.7. The normalized spacial score (nSPS) is 11.3. The molecule has 3 rings (SSSR count). The van der Waals surface area contributed by atoms with E-state index < -0.39 is 17.4 Å². The molecule has 2 N–H and O–H groups in total. The Balaban J connectivity index is 1.72. The summed E-state index contributed by atoms with van der Waals surface area (Å²) in [5, 5.41) is 12.7. The first-order valence-electron chi connectivity index (χ1n) is 10.9.